The predicted molar refractivity (Wildman–Crippen MR) is 108 cm³/mol. The van der Waals surface area contributed by atoms with Crippen LogP contribution in [0.15, 0.2) is 46.3 Å². The molecule has 3 aromatic rings. The monoisotopic (exact) mass is 381 g/mol. The number of nitrogens with one attached hydrogen (secondary N) is 2. The van der Waals surface area contributed by atoms with Crippen molar-refractivity contribution in [2.75, 3.05) is 7.05 Å². The van der Waals surface area contributed by atoms with Crippen LogP contribution in [0.5, 0.6) is 0 Å². The summed E-state index contributed by atoms with van der Waals surface area (Å²) < 4.78 is 7.73. The van der Waals surface area contributed by atoms with Gasteiger partial charge in [0.1, 0.15) is 17.4 Å². The van der Waals surface area contributed by atoms with Gasteiger partial charge in [0, 0.05) is 37.6 Å². The Labute approximate surface area is 165 Å². The van der Waals surface area contributed by atoms with Crippen molar-refractivity contribution in [1.82, 2.24) is 30.2 Å². The summed E-state index contributed by atoms with van der Waals surface area (Å²) in [6.07, 6.45) is 7.29. The standard InChI is InChI=1S/C20H27N7O/c1-14-22-8-9-27(14)17-7-6-15(10-23-17)11-25-19(21-5)26-13-18-24-12-16(28-18)20(2,3)4/h6-10,12H,11,13H2,1-5H3,(H2,21,25,26). The number of hydrogen-bond acceptors (Lipinski definition) is 5. The topological polar surface area (TPSA) is 93.2 Å². The van der Waals surface area contributed by atoms with E-state index in [1.54, 1.807) is 19.4 Å². The number of hydrogen-bond donors (Lipinski definition) is 2. The maximum atomic E-state index is 5.79. The van der Waals surface area contributed by atoms with Crippen LogP contribution in [-0.2, 0) is 18.5 Å². The molecule has 0 spiro atoms. The molecule has 8 nitrogen and oxygen atoms in total. The Kier molecular flexibility index (Phi) is 5.77. The number of oxazole rings is 1. The zero-order chi connectivity index (χ0) is 20.1. The highest BCUT2D eigenvalue weighted by atomic mass is 16.4. The fourth-order valence-electron chi connectivity index (χ4n) is 2.59. The summed E-state index contributed by atoms with van der Waals surface area (Å²) in [4.78, 5) is 17.3. The largest absolute Gasteiger partial charge is 0.443 e. The average Bonchev–Trinajstić information content (AvgIpc) is 3.31. The van der Waals surface area contributed by atoms with Crippen LogP contribution in [0.1, 0.15) is 43.8 Å². The first-order valence-electron chi connectivity index (χ1n) is 9.22. The molecule has 0 saturated carbocycles. The maximum absolute atomic E-state index is 5.79. The molecule has 0 radical (unpaired) electrons. The Hall–Kier alpha value is -3.16. The molecule has 3 rings (SSSR count). The van der Waals surface area contributed by atoms with Crippen molar-refractivity contribution < 1.29 is 4.42 Å². The van der Waals surface area contributed by atoms with Crippen molar-refractivity contribution in [3.8, 4) is 5.82 Å². The van der Waals surface area contributed by atoms with Gasteiger partial charge in [0.2, 0.25) is 5.89 Å². The second kappa shape index (κ2) is 8.24. The normalized spacial score (nSPS) is 12.2. The van der Waals surface area contributed by atoms with Gasteiger partial charge in [-0.25, -0.2) is 15.0 Å². The van der Waals surface area contributed by atoms with Gasteiger partial charge in [-0.05, 0) is 18.6 Å². The van der Waals surface area contributed by atoms with E-state index in [4.69, 9.17) is 4.42 Å². The number of pyridine rings is 1. The van der Waals surface area contributed by atoms with E-state index < -0.39 is 0 Å². The van der Waals surface area contributed by atoms with E-state index in [0.717, 1.165) is 23.0 Å². The van der Waals surface area contributed by atoms with Crippen molar-refractivity contribution in [1.29, 1.82) is 0 Å². The summed E-state index contributed by atoms with van der Waals surface area (Å²) in [5.74, 6) is 3.93. The van der Waals surface area contributed by atoms with Crippen LogP contribution < -0.4 is 10.6 Å². The Balaban J connectivity index is 1.53. The molecule has 0 aliphatic rings. The van der Waals surface area contributed by atoms with Crippen molar-refractivity contribution in [2.24, 2.45) is 4.99 Å². The molecule has 0 bridgehead atoms. The van der Waals surface area contributed by atoms with E-state index in [2.05, 4.69) is 51.3 Å². The zero-order valence-corrected chi connectivity index (χ0v) is 17.0. The molecule has 0 saturated heterocycles. The van der Waals surface area contributed by atoms with Gasteiger partial charge in [-0.1, -0.05) is 26.8 Å². The molecule has 3 heterocycles. The molecule has 0 aromatic carbocycles. The predicted octanol–water partition coefficient (Wildman–Crippen LogP) is 2.73. The van der Waals surface area contributed by atoms with E-state index in [0.29, 0.717) is 24.9 Å². The van der Waals surface area contributed by atoms with Crippen molar-refractivity contribution >= 4 is 5.96 Å². The van der Waals surface area contributed by atoms with Crippen LogP contribution in [-0.4, -0.2) is 32.5 Å². The van der Waals surface area contributed by atoms with Gasteiger partial charge in [0.15, 0.2) is 5.96 Å². The first kappa shape index (κ1) is 19.6. The SMILES string of the molecule is CN=C(NCc1ccc(-n2ccnc2C)nc1)NCc1ncc(C(C)(C)C)o1. The third-order valence-corrected chi connectivity index (χ3v) is 4.27. The lowest BCUT2D eigenvalue weighted by atomic mass is 9.94. The van der Waals surface area contributed by atoms with Crippen molar-refractivity contribution in [3.05, 3.63) is 60.0 Å². The Bertz CT molecular complexity index is 932. The summed E-state index contributed by atoms with van der Waals surface area (Å²) in [6.45, 7) is 9.31. The molecule has 0 aliphatic carbocycles. The molecule has 0 aliphatic heterocycles. The van der Waals surface area contributed by atoms with Crippen LogP contribution >= 0.6 is 0 Å². The van der Waals surface area contributed by atoms with Gasteiger partial charge >= 0.3 is 0 Å². The second-order valence-corrected chi connectivity index (χ2v) is 7.52. The molecule has 0 unspecified atom stereocenters. The Morgan fingerprint density at radius 3 is 2.46 bits per heavy atom. The van der Waals surface area contributed by atoms with Crippen LogP contribution in [0.25, 0.3) is 5.82 Å². The lowest BCUT2D eigenvalue weighted by Crippen LogP contribution is -2.36. The molecule has 0 fully saturated rings. The fourth-order valence-corrected chi connectivity index (χ4v) is 2.59. The number of rotatable bonds is 5. The third kappa shape index (κ3) is 4.76. The van der Waals surface area contributed by atoms with Crippen molar-refractivity contribution in [2.45, 2.75) is 46.2 Å². The molecular formula is C20H27N7O. The molecule has 0 amide bonds. The molecular weight excluding hydrogens is 354 g/mol. The zero-order valence-electron chi connectivity index (χ0n) is 17.0. The van der Waals surface area contributed by atoms with Crippen LogP contribution in [0, 0.1) is 6.92 Å². The summed E-state index contributed by atoms with van der Waals surface area (Å²) in [7, 11) is 1.73. The lowest BCUT2D eigenvalue weighted by molar-refractivity contribution is 0.379. The van der Waals surface area contributed by atoms with E-state index in [1.165, 1.54) is 0 Å². The van der Waals surface area contributed by atoms with Gasteiger partial charge in [0.25, 0.3) is 0 Å². The highest BCUT2D eigenvalue weighted by molar-refractivity contribution is 5.79. The second-order valence-electron chi connectivity index (χ2n) is 7.52. The molecule has 28 heavy (non-hydrogen) atoms. The van der Waals surface area contributed by atoms with E-state index in [-0.39, 0.29) is 5.41 Å². The fraction of sp³-hybridized carbons (Fsp3) is 0.400. The Morgan fingerprint density at radius 1 is 1.11 bits per heavy atom. The van der Waals surface area contributed by atoms with Gasteiger partial charge in [-0.15, -0.1) is 0 Å². The summed E-state index contributed by atoms with van der Waals surface area (Å²) in [5.41, 5.74) is 0.996. The summed E-state index contributed by atoms with van der Waals surface area (Å²) >= 11 is 0. The number of aliphatic imine (C=N–C) groups is 1. The van der Waals surface area contributed by atoms with Crippen LogP contribution in [0.3, 0.4) is 0 Å². The van der Waals surface area contributed by atoms with Gasteiger partial charge in [-0.2, -0.15) is 0 Å². The van der Waals surface area contributed by atoms with Crippen LogP contribution in [0.2, 0.25) is 0 Å². The van der Waals surface area contributed by atoms with Crippen molar-refractivity contribution in [3.63, 3.8) is 0 Å². The van der Waals surface area contributed by atoms with Crippen LogP contribution in [0.4, 0.5) is 0 Å². The van der Waals surface area contributed by atoms with E-state index in [9.17, 15) is 0 Å². The number of nitrogens with zero attached hydrogens (tertiary/aromatic N) is 5. The van der Waals surface area contributed by atoms with E-state index in [1.807, 2.05) is 36.0 Å². The quantitative estimate of drug-likeness (QED) is 0.521. The van der Waals surface area contributed by atoms with E-state index >= 15 is 0 Å². The molecule has 2 N–H and O–H groups in total. The number of guanidine groups is 1. The maximum Gasteiger partial charge on any atom is 0.213 e. The smallest absolute Gasteiger partial charge is 0.213 e. The minimum atomic E-state index is -0.0560. The van der Waals surface area contributed by atoms with Gasteiger partial charge < -0.3 is 15.1 Å². The number of aromatic nitrogens is 4. The first-order chi connectivity index (χ1) is 13.4. The minimum absolute atomic E-state index is 0.0560. The highest BCUT2D eigenvalue weighted by Crippen LogP contribution is 2.22. The van der Waals surface area contributed by atoms with Gasteiger partial charge in [-0.3, -0.25) is 9.56 Å². The third-order valence-electron chi connectivity index (χ3n) is 4.27. The summed E-state index contributed by atoms with van der Waals surface area (Å²) in [6, 6.07) is 4.01. The summed E-state index contributed by atoms with van der Waals surface area (Å²) in [5, 5.41) is 6.48. The Morgan fingerprint density at radius 2 is 1.89 bits per heavy atom. The molecule has 3 aromatic heterocycles. The molecule has 148 valence electrons. The first-order valence-corrected chi connectivity index (χ1v) is 9.22. The number of aryl methyl sites for hydroxylation is 1. The van der Waals surface area contributed by atoms with Gasteiger partial charge in [0.05, 0.1) is 12.7 Å². The highest BCUT2D eigenvalue weighted by Gasteiger charge is 2.19. The number of imidazole rings is 1. The molecule has 0 atom stereocenters. The average molecular weight is 381 g/mol. The molecule has 8 heteroatoms. The minimum Gasteiger partial charge on any atom is -0.443 e. The lowest BCUT2D eigenvalue weighted by Gasteiger charge is -2.13.